The minimum Gasteiger partial charge on any atom is -0.381 e. The summed E-state index contributed by atoms with van der Waals surface area (Å²) in [5.74, 6) is 1.45. The maximum absolute atomic E-state index is 5.91. The standard InChI is InChI=1S/C16H26N4O/c1-3-13-12(2)14(19-15(17)18-13)20-8-4-5-16(11-20)6-9-21-10-7-16/h3-11H2,1-2H3,(H2,17,18,19). The molecule has 2 fully saturated rings. The predicted octanol–water partition coefficient (Wildman–Crippen LogP) is 2.33. The molecule has 2 aliphatic rings. The van der Waals surface area contributed by atoms with Crippen molar-refractivity contribution in [1.29, 1.82) is 0 Å². The number of ether oxygens (including phenoxy) is 1. The molecule has 0 atom stereocenters. The lowest BCUT2D eigenvalue weighted by Crippen LogP contribution is -2.46. The zero-order valence-electron chi connectivity index (χ0n) is 13.2. The molecule has 1 aromatic heterocycles. The maximum atomic E-state index is 5.91. The largest absolute Gasteiger partial charge is 0.381 e. The Bertz CT molecular complexity index is 506. The fourth-order valence-electron chi connectivity index (χ4n) is 3.82. The van der Waals surface area contributed by atoms with Crippen molar-refractivity contribution in [2.45, 2.75) is 46.0 Å². The molecule has 1 aromatic rings. The van der Waals surface area contributed by atoms with Gasteiger partial charge >= 0.3 is 0 Å². The van der Waals surface area contributed by atoms with Gasteiger partial charge in [-0.1, -0.05) is 6.92 Å². The molecule has 2 saturated heterocycles. The van der Waals surface area contributed by atoms with Gasteiger partial charge in [0.25, 0.3) is 0 Å². The van der Waals surface area contributed by atoms with Crippen LogP contribution in [0.4, 0.5) is 11.8 Å². The van der Waals surface area contributed by atoms with Crippen molar-refractivity contribution in [1.82, 2.24) is 9.97 Å². The van der Waals surface area contributed by atoms with E-state index < -0.39 is 0 Å². The summed E-state index contributed by atoms with van der Waals surface area (Å²) in [6.45, 7) is 8.20. The number of aromatic nitrogens is 2. The molecular formula is C16H26N4O. The highest BCUT2D eigenvalue weighted by Crippen LogP contribution is 2.40. The lowest BCUT2D eigenvalue weighted by molar-refractivity contribution is 0.00745. The molecule has 0 aromatic carbocycles. The molecule has 0 aliphatic carbocycles. The van der Waals surface area contributed by atoms with E-state index in [2.05, 4.69) is 28.7 Å². The summed E-state index contributed by atoms with van der Waals surface area (Å²) < 4.78 is 5.55. The molecule has 0 saturated carbocycles. The van der Waals surface area contributed by atoms with Crippen LogP contribution >= 0.6 is 0 Å². The first-order valence-corrected chi connectivity index (χ1v) is 8.09. The molecule has 3 rings (SSSR count). The molecule has 5 heteroatoms. The number of piperidine rings is 1. The molecular weight excluding hydrogens is 264 g/mol. The Morgan fingerprint density at radius 3 is 2.71 bits per heavy atom. The molecule has 1 spiro atoms. The van der Waals surface area contributed by atoms with Crippen LogP contribution in [0.2, 0.25) is 0 Å². The number of nitrogens with two attached hydrogens (primary N) is 1. The van der Waals surface area contributed by atoms with E-state index in [1.165, 1.54) is 31.2 Å². The predicted molar refractivity (Wildman–Crippen MR) is 84.5 cm³/mol. The topological polar surface area (TPSA) is 64.3 Å². The molecule has 0 radical (unpaired) electrons. The van der Waals surface area contributed by atoms with E-state index in [1.54, 1.807) is 0 Å². The third-order valence-electron chi connectivity index (χ3n) is 5.09. The normalized spacial score (nSPS) is 21.7. The van der Waals surface area contributed by atoms with E-state index in [0.717, 1.165) is 44.2 Å². The van der Waals surface area contributed by atoms with Crippen LogP contribution < -0.4 is 10.6 Å². The minimum atomic E-state index is 0.402. The Hall–Kier alpha value is -1.36. The zero-order chi connectivity index (χ0) is 14.9. The smallest absolute Gasteiger partial charge is 0.222 e. The van der Waals surface area contributed by atoms with Crippen molar-refractivity contribution in [2.75, 3.05) is 36.9 Å². The van der Waals surface area contributed by atoms with E-state index in [4.69, 9.17) is 10.5 Å². The van der Waals surface area contributed by atoms with Crippen LogP contribution in [0.15, 0.2) is 0 Å². The van der Waals surface area contributed by atoms with Crippen LogP contribution in [0.1, 0.15) is 43.9 Å². The van der Waals surface area contributed by atoms with Gasteiger partial charge < -0.3 is 15.4 Å². The quantitative estimate of drug-likeness (QED) is 0.905. The highest BCUT2D eigenvalue weighted by molar-refractivity contribution is 5.51. The van der Waals surface area contributed by atoms with Gasteiger partial charge in [-0.3, -0.25) is 0 Å². The maximum Gasteiger partial charge on any atom is 0.222 e. The van der Waals surface area contributed by atoms with Crippen molar-refractivity contribution < 1.29 is 4.74 Å². The van der Waals surface area contributed by atoms with Gasteiger partial charge in [0.15, 0.2) is 0 Å². The van der Waals surface area contributed by atoms with Gasteiger partial charge in [-0.15, -0.1) is 0 Å². The third kappa shape index (κ3) is 2.84. The number of rotatable bonds is 2. The third-order valence-corrected chi connectivity index (χ3v) is 5.09. The molecule has 5 nitrogen and oxygen atoms in total. The van der Waals surface area contributed by atoms with E-state index in [-0.39, 0.29) is 0 Å². The zero-order valence-corrected chi connectivity index (χ0v) is 13.2. The van der Waals surface area contributed by atoms with Gasteiger partial charge in [0.05, 0.1) is 5.69 Å². The van der Waals surface area contributed by atoms with Crippen molar-refractivity contribution in [3.8, 4) is 0 Å². The van der Waals surface area contributed by atoms with Crippen LogP contribution in [0.3, 0.4) is 0 Å². The first-order chi connectivity index (χ1) is 10.1. The summed E-state index contributed by atoms with van der Waals surface area (Å²) in [6.07, 6.45) is 5.78. The number of hydrogen-bond donors (Lipinski definition) is 1. The molecule has 2 N–H and O–H groups in total. The van der Waals surface area contributed by atoms with Crippen molar-refractivity contribution in [3.63, 3.8) is 0 Å². The van der Waals surface area contributed by atoms with Crippen molar-refractivity contribution in [2.24, 2.45) is 5.41 Å². The molecule has 2 aliphatic heterocycles. The second-order valence-electron chi connectivity index (χ2n) is 6.47. The number of nitrogen functional groups attached to an aromatic ring is 1. The van der Waals surface area contributed by atoms with Crippen molar-refractivity contribution in [3.05, 3.63) is 11.3 Å². The summed E-state index contributed by atoms with van der Waals surface area (Å²) in [7, 11) is 0. The van der Waals surface area contributed by atoms with Gasteiger partial charge in [0.1, 0.15) is 5.82 Å². The molecule has 21 heavy (non-hydrogen) atoms. The van der Waals surface area contributed by atoms with E-state index in [9.17, 15) is 0 Å². The average molecular weight is 290 g/mol. The van der Waals surface area contributed by atoms with Gasteiger partial charge in [-0.05, 0) is 44.4 Å². The number of hydrogen-bond acceptors (Lipinski definition) is 5. The summed E-state index contributed by atoms with van der Waals surface area (Å²) in [5.41, 5.74) is 8.59. The Morgan fingerprint density at radius 1 is 1.24 bits per heavy atom. The minimum absolute atomic E-state index is 0.402. The van der Waals surface area contributed by atoms with Gasteiger partial charge in [0, 0.05) is 31.9 Å². The van der Waals surface area contributed by atoms with Crippen LogP contribution in [0, 0.1) is 12.3 Å². The van der Waals surface area contributed by atoms with E-state index in [1.807, 2.05) is 0 Å². The first kappa shape index (κ1) is 14.6. The average Bonchev–Trinajstić information content (AvgIpc) is 2.50. The highest BCUT2D eigenvalue weighted by Gasteiger charge is 2.37. The summed E-state index contributed by atoms with van der Waals surface area (Å²) in [4.78, 5) is 11.3. The molecule has 3 heterocycles. The van der Waals surface area contributed by atoms with Gasteiger partial charge in [-0.25, -0.2) is 4.98 Å². The van der Waals surface area contributed by atoms with Crippen LogP contribution in [-0.2, 0) is 11.2 Å². The van der Waals surface area contributed by atoms with E-state index in [0.29, 0.717) is 11.4 Å². The first-order valence-electron chi connectivity index (χ1n) is 8.09. The summed E-state index contributed by atoms with van der Waals surface area (Å²) >= 11 is 0. The number of aryl methyl sites for hydroxylation is 1. The number of anilines is 2. The Kier molecular flexibility index (Phi) is 4.02. The van der Waals surface area contributed by atoms with Crippen LogP contribution in [0.5, 0.6) is 0 Å². The molecule has 0 unspecified atom stereocenters. The second-order valence-corrected chi connectivity index (χ2v) is 6.47. The lowest BCUT2D eigenvalue weighted by Gasteiger charge is -2.45. The van der Waals surface area contributed by atoms with Crippen molar-refractivity contribution >= 4 is 11.8 Å². The monoisotopic (exact) mass is 290 g/mol. The molecule has 0 amide bonds. The van der Waals surface area contributed by atoms with Crippen LogP contribution in [0.25, 0.3) is 0 Å². The molecule has 116 valence electrons. The SMILES string of the molecule is CCc1nc(N)nc(N2CCCC3(CCOCC3)C2)c1C. The fraction of sp³-hybridized carbons (Fsp3) is 0.750. The highest BCUT2D eigenvalue weighted by atomic mass is 16.5. The van der Waals surface area contributed by atoms with Gasteiger partial charge in [-0.2, -0.15) is 4.98 Å². The fourth-order valence-corrected chi connectivity index (χ4v) is 3.82. The number of nitrogens with zero attached hydrogens (tertiary/aromatic N) is 3. The second kappa shape index (κ2) is 5.79. The lowest BCUT2D eigenvalue weighted by atomic mass is 9.74. The Balaban J connectivity index is 1.88. The Labute approximate surface area is 126 Å². The van der Waals surface area contributed by atoms with Crippen LogP contribution in [-0.4, -0.2) is 36.3 Å². The summed E-state index contributed by atoms with van der Waals surface area (Å²) in [5, 5.41) is 0. The Morgan fingerprint density at radius 2 is 2.00 bits per heavy atom. The van der Waals surface area contributed by atoms with E-state index >= 15 is 0 Å². The molecule has 0 bridgehead atoms. The van der Waals surface area contributed by atoms with Gasteiger partial charge in [0.2, 0.25) is 5.95 Å². The summed E-state index contributed by atoms with van der Waals surface area (Å²) in [6, 6.07) is 0.